The van der Waals surface area contributed by atoms with E-state index in [1.165, 1.54) is 0 Å². The van der Waals surface area contributed by atoms with E-state index in [0.29, 0.717) is 17.9 Å². The van der Waals surface area contributed by atoms with Crippen molar-refractivity contribution in [2.24, 2.45) is 0 Å². The largest absolute Gasteiger partial charge is 0.382 e. The van der Waals surface area contributed by atoms with E-state index in [9.17, 15) is 4.57 Å². The smallest absolute Gasteiger partial charge is 0.329 e. The minimum absolute atomic E-state index is 0.0460. The fourth-order valence-corrected chi connectivity index (χ4v) is 4.22. The minimum Gasteiger partial charge on any atom is -0.382 e. The third kappa shape index (κ3) is 3.49. The van der Waals surface area contributed by atoms with Crippen LogP contribution in [0.5, 0.6) is 0 Å². The van der Waals surface area contributed by atoms with E-state index in [0.717, 1.165) is 27.8 Å². The fraction of sp³-hybridized carbons (Fsp3) is 0.211. The second kappa shape index (κ2) is 6.53. The Morgan fingerprint density at radius 3 is 2.52 bits per heavy atom. The fourth-order valence-electron chi connectivity index (χ4n) is 3.53. The molecule has 1 unspecified atom stereocenters. The number of anilines is 3. The maximum atomic E-state index is 11.2. The summed E-state index contributed by atoms with van der Waals surface area (Å²) in [6.07, 6.45) is -0.199. The van der Waals surface area contributed by atoms with E-state index in [1.54, 1.807) is 12.1 Å². The number of fused-ring (bicyclic) bond motifs is 3. The van der Waals surface area contributed by atoms with Gasteiger partial charge in [-0.25, -0.2) is 4.98 Å². The first-order valence-electron chi connectivity index (χ1n) is 8.65. The molecule has 2 heterocycles. The van der Waals surface area contributed by atoms with Gasteiger partial charge in [-0.1, -0.05) is 42.5 Å². The van der Waals surface area contributed by atoms with Crippen molar-refractivity contribution >= 4 is 35.7 Å². The number of nitrogen functional groups attached to an aromatic ring is 1. The van der Waals surface area contributed by atoms with Crippen molar-refractivity contribution in [3.05, 3.63) is 59.7 Å². The topological polar surface area (TPSA) is 112 Å². The molecule has 0 aliphatic carbocycles. The molecule has 5 N–H and O–H groups in total. The molecule has 27 heavy (non-hydrogen) atoms. The van der Waals surface area contributed by atoms with Crippen LogP contribution in [0, 0.1) is 0 Å². The van der Waals surface area contributed by atoms with E-state index in [2.05, 4.69) is 22.1 Å². The summed E-state index contributed by atoms with van der Waals surface area (Å²) in [5.41, 5.74) is 10.6. The van der Waals surface area contributed by atoms with Crippen LogP contribution in [0.4, 0.5) is 17.2 Å². The number of nitrogens with two attached hydrogens (primary N) is 1. The summed E-state index contributed by atoms with van der Waals surface area (Å²) in [7, 11) is -4.06. The van der Waals surface area contributed by atoms with Gasteiger partial charge in [-0.3, -0.25) is 4.57 Å². The van der Waals surface area contributed by atoms with Crippen molar-refractivity contribution in [1.29, 1.82) is 0 Å². The number of pyridine rings is 1. The number of benzene rings is 2. The molecule has 0 saturated heterocycles. The van der Waals surface area contributed by atoms with Crippen molar-refractivity contribution in [2.45, 2.75) is 25.8 Å². The molecule has 140 valence electrons. The molecule has 1 aliphatic rings. The average molecular weight is 384 g/mol. The second-order valence-electron chi connectivity index (χ2n) is 6.83. The molecule has 1 aliphatic heterocycles. The highest BCUT2D eigenvalue weighted by molar-refractivity contribution is 7.50. The van der Waals surface area contributed by atoms with Crippen LogP contribution in [0.3, 0.4) is 0 Å². The highest BCUT2D eigenvalue weighted by atomic mass is 31.2. The summed E-state index contributed by atoms with van der Waals surface area (Å²) in [6, 6.07) is 15.3. The van der Waals surface area contributed by atoms with Gasteiger partial charge in [-0.15, -0.1) is 0 Å². The highest BCUT2D eigenvalue weighted by Gasteiger charge is 2.30. The summed E-state index contributed by atoms with van der Waals surface area (Å²) >= 11 is 0. The SMILES string of the molecule is CC1Nc2c(N)nc3ccccc3c2N1Cc1ccc(CP(=O)(O)O)cc1. The van der Waals surface area contributed by atoms with E-state index in [1.807, 2.05) is 36.4 Å². The van der Waals surface area contributed by atoms with E-state index in [4.69, 9.17) is 15.5 Å². The number of nitrogens with zero attached hydrogens (tertiary/aromatic N) is 2. The Morgan fingerprint density at radius 1 is 1.15 bits per heavy atom. The van der Waals surface area contributed by atoms with Gasteiger partial charge in [0.05, 0.1) is 23.5 Å². The molecule has 0 spiro atoms. The monoisotopic (exact) mass is 384 g/mol. The van der Waals surface area contributed by atoms with Gasteiger partial charge < -0.3 is 25.7 Å². The van der Waals surface area contributed by atoms with E-state index >= 15 is 0 Å². The molecular formula is C19H21N4O3P. The average Bonchev–Trinajstić information content (AvgIpc) is 2.93. The van der Waals surface area contributed by atoms with Crippen LogP contribution in [0.1, 0.15) is 18.1 Å². The Bertz CT molecular complexity index is 1050. The van der Waals surface area contributed by atoms with Crippen LogP contribution in [0.25, 0.3) is 10.9 Å². The lowest BCUT2D eigenvalue weighted by atomic mass is 10.1. The Hall–Kier alpha value is -2.60. The van der Waals surface area contributed by atoms with Gasteiger partial charge in [0, 0.05) is 11.9 Å². The molecule has 0 saturated carbocycles. The van der Waals surface area contributed by atoms with Crippen LogP contribution in [-0.4, -0.2) is 20.9 Å². The number of hydrogen-bond acceptors (Lipinski definition) is 5. The number of hydrogen-bond donors (Lipinski definition) is 4. The molecular weight excluding hydrogens is 363 g/mol. The molecule has 1 aromatic heterocycles. The quantitative estimate of drug-likeness (QED) is 0.511. The maximum Gasteiger partial charge on any atom is 0.329 e. The summed E-state index contributed by atoms with van der Waals surface area (Å²) < 4.78 is 11.2. The Morgan fingerprint density at radius 2 is 1.81 bits per heavy atom. The van der Waals surface area contributed by atoms with Gasteiger partial charge >= 0.3 is 7.60 Å². The molecule has 0 amide bonds. The predicted molar refractivity (Wildman–Crippen MR) is 108 cm³/mol. The van der Waals surface area contributed by atoms with Crippen molar-refractivity contribution in [2.75, 3.05) is 16.0 Å². The highest BCUT2D eigenvalue weighted by Crippen LogP contribution is 2.44. The van der Waals surface area contributed by atoms with Crippen molar-refractivity contribution in [3.8, 4) is 0 Å². The Balaban J connectivity index is 1.67. The van der Waals surface area contributed by atoms with Crippen LogP contribution in [0.2, 0.25) is 0 Å². The standard InChI is InChI=1S/C19H21N4O3P/c1-12-21-17-18(15-4-2-3-5-16(15)22-19(17)20)23(12)10-13-6-8-14(9-7-13)11-27(24,25)26/h2-9,12,21H,10-11H2,1H3,(H2,20,22)(H2,24,25,26). The van der Waals surface area contributed by atoms with Crippen molar-refractivity contribution in [1.82, 2.24) is 4.98 Å². The molecule has 8 heteroatoms. The summed E-state index contributed by atoms with van der Waals surface area (Å²) in [5, 5.41) is 4.44. The maximum absolute atomic E-state index is 11.2. The van der Waals surface area contributed by atoms with Crippen molar-refractivity contribution in [3.63, 3.8) is 0 Å². The third-order valence-electron chi connectivity index (χ3n) is 4.77. The summed E-state index contributed by atoms with van der Waals surface area (Å²) in [5.74, 6) is 0.482. The van der Waals surface area contributed by atoms with Gasteiger partial charge in [0.15, 0.2) is 0 Å². The number of nitrogens with one attached hydrogen (secondary N) is 1. The second-order valence-corrected chi connectivity index (χ2v) is 8.47. The molecule has 7 nitrogen and oxygen atoms in total. The Kier molecular flexibility index (Phi) is 4.30. The Labute approximate surface area is 157 Å². The number of aromatic nitrogens is 1. The van der Waals surface area contributed by atoms with Crippen LogP contribution >= 0.6 is 7.60 Å². The van der Waals surface area contributed by atoms with Gasteiger partial charge in [-0.2, -0.15) is 0 Å². The van der Waals surface area contributed by atoms with Crippen LogP contribution < -0.4 is 16.0 Å². The summed E-state index contributed by atoms with van der Waals surface area (Å²) in [4.78, 5) is 24.9. The molecule has 0 radical (unpaired) electrons. The van der Waals surface area contributed by atoms with Gasteiger partial charge in [0.1, 0.15) is 11.5 Å². The lowest BCUT2D eigenvalue weighted by Crippen LogP contribution is -2.32. The molecule has 0 bridgehead atoms. The lowest BCUT2D eigenvalue weighted by molar-refractivity contribution is 0.371. The van der Waals surface area contributed by atoms with Crippen LogP contribution in [0.15, 0.2) is 48.5 Å². The minimum atomic E-state index is -4.06. The molecule has 1 atom stereocenters. The predicted octanol–water partition coefficient (Wildman–Crippen LogP) is 3.27. The molecule has 4 rings (SSSR count). The first-order chi connectivity index (χ1) is 12.8. The first-order valence-corrected chi connectivity index (χ1v) is 10.5. The van der Waals surface area contributed by atoms with E-state index in [-0.39, 0.29) is 12.3 Å². The van der Waals surface area contributed by atoms with E-state index < -0.39 is 7.60 Å². The van der Waals surface area contributed by atoms with Gasteiger partial charge in [-0.05, 0) is 24.1 Å². The molecule has 2 aromatic carbocycles. The third-order valence-corrected chi connectivity index (χ3v) is 5.54. The number of rotatable bonds is 4. The summed E-state index contributed by atoms with van der Waals surface area (Å²) in [6.45, 7) is 2.71. The number of para-hydroxylation sites is 1. The first kappa shape index (κ1) is 17.8. The lowest BCUT2D eigenvalue weighted by Gasteiger charge is -2.25. The van der Waals surface area contributed by atoms with Gasteiger partial charge in [0.2, 0.25) is 0 Å². The molecule has 0 fully saturated rings. The normalized spacial score (nSPS) is 16.4. The van der Waals surface area contributed by atoms with Crippen LogP contribution in [-0.2, 0) is 17.3 Å². The zero-order valence-corrected chi connectivity index (χ0v) is 15.7. The van der Waals surface area contributed by atoms with Crippen molar-refractivity contribution < 1.29 is 14.4 Å². The zero-order chi connectivity index (χ0) is 19.2. The molecule has 3 aromatic rings. The van der Waals surface area contributed by atoms with Gasteiger partial charge in [0.25, 0.3) is 0 Å². The zero-order valence-electron chi connectivity index (χ0n) is 14.8.